The standard InChI is InChI=1S/C18H20ClN3O2/c1-24-17-7-6-12(19)10-16(17)22-9-8-13(11-22)21-18(23)14-4-2-3-5-15(14)20/h2-7,10,13H,8-9,11,20H2,1H3,(H,21,23). The van der Waals surface area contributed by atoms with E-state index in [1.54, 1.807) is 25.3 Å². The third kappa shape index (κ3) is 3.41. The third-order valence-electron chi connectivity index (χ3n) is 4.21. The number of rotatable bonds is 4. The topological polar surface area (TPSA) is 67.6 Å². The quantitative estimate of drug-likeness (QED) is 0.836. The van der Waals surface area contributed by atoms with Gasteiger partial charge in [0.25, 0.3) is 5.91 Å². The van der Waals surface area contributed by atoms with Crippen molar-refractivity contribution in [2.75, 3.05) is 30.8 Å². The number of nitrogens with two attached hydrogens (primary N) is 1. The highest BCUT2D eigenvalue weighted by atomic mass is 35.5. The van der Waals surface area contributed by atoms with Gasteiger partial charge < -0.3 is 20.7 Å². The Morgan fingerprint density at radius 1 is 1.33 bits per heavy atom. The summed E-state index contributed by atoms with van der Waals surface area (Å²) < 4.78 is 5.41. The zero-order valence-corrected chi connectivity index (χ0v) is 14.2. The van der Waals surface area contributed by atoms with Gasteiger partial charge in [0.05, 0.1) is 18.4 Å². The Morgan fingerprint density at radius 2 is 2.12 bits per heavy atom. The molecule has 0 bridgehead atoms. The number of anilines is 2. The van der Waals surface area contributed by atoms with Gasteiger partial charge >= 0.3 is 0 Å². The van der Waals surface area contributed by atoms with Gasteiger partial charge in [-0.15, -0.1) is 0 Å². The van der Waals surface area contributed by atoms with Crippen molar-refractivity contribution in [3.8, 4) is 5.75 Å². The molecule has 0 aromatic heterocycles. The fourth-order valence-corrected chi connectivity index (χ4v) is 3.14. The molecule has 3 rings (SSSR count). The van der Waals surface area contributed by atoms with Crippen LogP contribution in [0.1, 0.15) is 16.8 Å². The Balaban J connectivity index is 1.69. The van der Waals surface area contributed by atoms with Gasteiger partial charge in [-0.1, -0.05) is 23.7 Å². The minimum atomic E-state index is -0.141. The molecule has 0 spiro atoms. The molecule has 1 unspecified atom stereocenters. The van der Waals surface area contributed by atoms with Crippen molar-refractivity contribution in [2.24, 2.45) is 0 Å². The van der Waals surface area contributed by atoms with Crippen LogP contribution < -0.4 is 20.7 Å². The van der Waals surface area contributed by atoms with Crippen molar-refractivity contribution >= 4 is 28.9 Å². The Kier molecular flexibility index (Phi) is 4.81. The normalized spacial score (nSPS) is 16.9. The van der Waals surface area contributed by atoms with Crippen LogP contribution in [-0.4, -0.2) is 32.1 Å². The first-order valence-corrected chi connectivity index (χ1v) is 8.20. The summed E-state index contributed by atoms with van der Waals surface area (Å²) in [4.78, 5) is 14.6. The zero-order valence-electron chi connectivity index (χ0n) is 13.5. The lowest BCUT2D eigenvalue weighted by Gasteiger charge is -2.22. The van der Waals surface area contributed by atoms with Gasteiger partial charge in [0.1, 0.15) is 5.75 Å². The minimum Gasteiger partial charge on any atom is -0.495 e. The van der Waals surface area contributed by atoms with E-state index in [9.17, 15) is 4.79 Å². The average molecular weight is 346 g/mol. The van der Waals surface area contributed by atoms with Gasteiger partial charge in [-0.2, -0.15) is 0 Å². The van der Waals surface area contributed by atoms with Crippen molar-refractivity contribution in [3.05, 3.63) is 53.1 Å². The average Bonchev–Trinajstić information content (AvgIpc) is 3.03. The van der Waals surface area contributed by atoms with Gasteiger partial charge in [0.2, 0.25) is 0 Å². The molecule has 1 atom stereocenters. The number of methoxy groups -OCH3 is 1. The molecular formula is C18H20ClN3O2. The molecule has 1 fully saturated rings. The number of nitrogen functional groups attached to an aromatic ring is 1. The molecule has 0 radical (unpaired) electrons. The number of halogens is 1. The smallest absolute Gasteiger partial charge is 0.253 e. The van der Waals surface area contributed by atoms with E-state index in [0.717, 1.165) is 24.4 Å². The van der Waals surface area contributed by atoms with E-state index in [4.69, 9.17) is 22.1 Å². The highest BCUT2D eigenvalue weighted by Crippen LogP contribution is 2.33. The largest absolute Gasteiger partial charge is 0.495 e. The first kappa shape index (κ1) is 16.5. The third-order valence-corrected chi connectivity index (χ3v) is 4.45. The fourth-order valence-electron chi connectivity index (χ4n) is 2.97. The summed E-state index contributed by atoms with van der Waals surface area (Å²) in [5, 5.41) is 3.72. The number of para-hydroxylation sites is 1. The summed E-state index contributed by atoms with van der Waals surface area (Å²) >= 11 is 6.10. The van der Waals surface area contributed by atoms with Gasteiger partial charge in [0.15, 0.2) is 0 Å². The van der Waals surface area contributed by atoms with Crippen LogP contribution >= 0.6 is 11.6 Å². The molecule has 1 aliphatic heterocycles. The second kappa shape index (κ2) is 7.01. The van der Waals surface area contributed by atoms with Crippen LogP contribution in [0, 0.1) is 0 Å². The van der Waals surface area contributed by atoms with Crippen LogP contribution in [0.2, 0.25) is 5.02 Å². The van der Waals surface area contributed by atoms with E-state index in [2.05, 4.69) is 10.2 Å². The summed E-state index contributed by atoms with van der Waals surface area (Å²) in [6, 6.07) is 12.7. The number of carbonyl (C=O) groups excluding carboxylic acids is 1. The molecule has 1 amide bonds. The maximum Gasteiger partial charge on any atom is 0.253 e. The van der Waals surface area contributed by atoms with Crippen LogP contribution in [-0.2, 0) is 0 Å². The highest BCUT2D eigenvalue weighted by molar-refractivity contribution is 6.30. The van der Waals surface area contributed by atoms with Crippen LogP contribution in [0.15, 0.2) is 42.5 Å². The fraction of sp³-hybridized carbons (Fsp3) is 0.278. The van der Waals surface area contributed by atoms with E-state index in [1.807, 2.05) is 24.3 Å². The van der Waals surface area contributed by atoms with Crippen LogP contribution in [0.3, 0.4) is 0 Å². The number of nitrogens with one attached hydrogen (secondary N) is 1. The summed E-state index contributed by atoms with van der Waals surface area (Å²) in [7, 11) is 1.64. The number of amides is 1. The molecule has 2 aromatic rings. The highest BCUT2D eigenvalue weighted by Gasteiger charge is 2.26. The summed E-state index contributed by atoms with van der Waals surface area (Å²) in [6.45, 7) is 1.53. The Morgan fingerprint density at radius 3 is 2.88 bits per heavy atom. The SMILES string of the molecule is COc1ccc(Cl)cc1N1CCC(NC(=O)c2ccccc2N)C1. The van der Waals surface area contributed by atoms with Gasteiger partial charge in [-0.25, -0.2) is 0 Å². The van der Waals surface area contributed by atoms with Crippen molar-refractivity contribution in [3.63, 3.8) is 0 Å². The predicted octanol–water partition coefficient (Wildman–Crippen LogP) is 2.94. The van der Waals surface area contributed by atoms with Crippen molar-refractivity contribution in [2.45, 2.75) is 12.5 Å². The summed E-state index contributed by atoms with van der Waals surface area (Å²) in [6.07, 6.45) is 0.855. The molecule has 0 saturated carbocycles. The van der Waals surface area contributed by atoms with Crippen molar-refractivity contribution < 1.29 is 9.53 Å². The summed E-state index contributed by atoms with van der Waals surface area (Å²) in [5.41, 5.74) is 7.81. The molecular weight excluding hydrogens is 326 g/mol. The summed E-state index contributed by atoms with van der Waals surface area (Å²) in [5.74, 6) is 0.636. The van der Waals surface area contributed by atoms with Gasteiger partial charge in [0, 0.05) is 29.8 Å². The number of benzene rings is 2. The number of hydrogen-bond donors (Lipinski definition) is 2. The second-order valence-corrected chi connectivity index (χ2v) is 6.24. The zero-order chi connectivity index (χ0) is 17.1. The Bertz CT molecular complexity index is 751. The first-order valence-electron chi connectivity index (χ1n) is 7.82. The van der Waals surface area contributed by atoms with Crippen molar-refractivity contribution in [1.29, 1.82) is 0 Å². The molecule has 6 heteroatoms. The van der Waals surface area contributed by atoms with Crippen LogP contribution in [0.5, 0.6) is 5.75 Å². The molecule has 1 heterocycles. The van der Waals surface area contributed by atoms with E-state index >= 15 is 0 Å². The minimum absolute atomic E-state index is 0.0563. The maximum absolute atomic E-state index is 12.4. The Labute approximate surface area is 146 Å². The number of carbonyl (C=O) groups is 1. The molecule has 1 aliphatic rings. The molecule has 5 nitrogen and oxygen atoms in total. The molecule has 24 heavy (non-hydrogen) atoms. The number of ether oxygens (including phenoxy) is 1. The molecule has 3 N–H and O–H groups in total. The molecule has 126 valence electrons. The second-order valence-electron chi connectivity index (χ2n) is 5.81. The monoisotopic (exact) mass is 345 g/mol. The predicted molar refractivity (Wildman–Crippen MR) is 96.9 cm³/mol. The molecule has 1 saturated heterocycles. The maximum atomic E-state index is 12.4. The van der Waals surface area contributed by atoms with Crippen LogP contribution in [0.25, 0.3) is 0 Å². The van der Waals surface area contributed by atoms with Gasteiger partial charge in [-0.3, -0.25) is 4.79 Å². The van der Waals surface area contributed by atoms with E-state index in [1.165, 1.54) is 0 Å². The van der Waals surface area contributed by atoms with E-state index in [-0.39, 0.29) is 11.9 Å². The lowest BCUT2D eigenvalue weighted by molar-refractivity contribution is 0.0941. The lowest BCUT2D eigenvalue weighted by Crippen LogP contribution is -2.37. The lowest BCUT2D eigenvalue weighted by atomic mass is 10.1. The van der Waals surface area contributed by atoms with E-state index < -0.39 is 0 Å². The molecule has 2 aromatic carbocycles. The van der Waals surface area contributed by atoms with Gasteiger partial charge in [-0.05, 0) is 36.8 Å². The van der Waals surface area contributed by atoms with E-state index in [0.29, 0.717) is 22.8 Å². The number of hydrogen-bond acceptors (Lipinski definition) is 4. The van der Waals surface area contributed by atoms with Crippen molar-refractivity contribution in [1.82, 2.24) is 5.32 Å². The first-order chi connectivity index (χ1) is 11.6. The number of nitrogens with zero attached hydrogens (tertiary/aromatic N) is 1. The van der Waals surface area contributed by atoms with Crippen LogP contribution in [0.4, 0.5) is 11.4 Å². The Hall–Kier alpha value is -2.40. The molecule has 0 aliphatic carbocycles.